The first-order valence-electron chi connectivity index (χ1n) is 14.9. The number of ketones is 1. The molecule has 5 aromatic rings. The summed E-state index contributed by atoms with van der Waals surface area (Å²) < 4.78 is 8.99. The van der Waals surface area contributed by atoms with Gasteiger partial charge in [0.1, 0.15) is 23.9 Å². The summed E-state index contributed by atoms with van der Waals surface area (Å²) in [7, 11) is 1.60. The van der Waals surface area contributed by atoms with Gasteiger partial charge in [0.05, 0.1) is 24.4 Å². The number of carbonyl (C=O) groups is 2. The lowest BCUT2D eigenvalue weighted by molar-refractivity contribution is -0.127. The zero-order chi connectivity index (χ0) is 30.0. The van der Waals surface area contributed by atoms with Crippen molar-refractivity contribution < 1.29 is 14.3 Å². The highest BCUT2D eigenvalue weighted by atomic mass is 16.5. The molecule has 3 aliphatic rings. The van der Waals surface area contributed by atoms with Crippen molar-refractivity contribution in [3.8, 4) is 17.3 Å². The number of anilines is 1. The number of benzene rings is 3. The first kappa shape index (κ1) is 26.5. The summed E-state index contributed by atoms with van der Waals surface area (Å²) in [6.07, 6.45) is 4.93. The molecule has 8 rings (SSSR count). The summed E-state index contributed by atoms with van der Waals surface area (Å²) >= 11 is 0. The number of Topliss-reactive ketones (excluding diaryl/α,β-unsaturated/α-hetero) is 1. The number of nitrogens with zero attached hydrogens (tertiary/aromatic N) is 6. The summed E-state index contributed by atoms with van der Waals surface area (Å²) in [5.74, 6) is 0.0437. The minimum atomic E-state index is -1.18. The Hall–Kier alpha value is -5.09. The van der Waals surface area contributed by atoms with Crippen LogP contribution in [-0.2, 0) is 10.3 Å². The molecule has 2 saturated heterocycles. The van der Waals surface area contributed by atoms with Crippen LogP contribution in [0.15, 0.2) is 91.5 Å². The van der Waals surface area contributed by atoms with Crippen LogP contribution < -0.4 is 10.1 Å². The van der Waals surface area contributed by atoms with Crippen molar-refractivity contribution in [2.75, 3.05) is 19.0 Å². The van der Waals surface area contributed by atoms with Crippen molar-refractivity contribution in [1.82, 2.24) is 29.4 Å². The molecule has 4 atom stereocenters. The Morgan fingerprint density at radius 1 is 1.02 bits per heavy atom. The Kier molecular flexibility index (Phi) is 6.02. The van der Waals surface area contributed by atoms with Gasteiger partial charge in [-0.15, -0.1) is 0 Å². The highest BCUT2D eigenvalue weighted by Gasteiger charge is 2.70. The predicted molar refractivity (Wildman–Crippen MR) is 163 cm³/mol. The van der Waals surface area contributed by atoms with E-state index in [1.54, 1.807) is 42.4 Å². The molecule has 3 aromatic carbocycles. The van der Waals surface area contributed by atoms with Gasteiger partial charge in [0, 0.05) is 34.3 Å². The van der Waals surface area contributed by atoms with Crippen LogP contribution in [0, 0.1) is 12.8 Å². The lowest BCUT2D eigenvalue weighted by atomic mass is 9.68. The van der Waals surface area contributed by atoms with Crippen LogP contribution in [-0.4, -0.2) is 60.8 Å². The molecule has 2 aromatic heterocycles. The Morgan fingerprint density at radius 2 is 1.80 bits per heavy atom. The van der Waals surface area contributed by atoms with Crippen molar-refractivity contribution >= 4 is 17.4 Å². The Balaban J connectivity index is 1.41. The average molecular weight is 586 g/mol. The highest BCUT2D eigenvalue weighted by molar-refractivity contribution is 6.12. The van der Waals surface area contributed by atoms with E-state index in [-0.39, 0.29) is 23.7 Å². The SMILES string of the molecule is COc1ccc(C(=O)C2C(c3c(C)nn(-c4ccccc4)c3-n3cncn3)C3CCCN3C23C(=O)Nc2ccccc23)cc1. The molecule has 1 N–H and O–H groups in total. The minimum Gasteiger partial charge on any atom is -0.497 e. The number of para-hydroxylation sites is 2. The van der Waals surface area contributed by atoms with Crippen molar-refractivity contribution in [3.05, 3.63) is 114 Å². The maximum absolute atomic E-state index is 15.1. The Labute approximate surface area is 254 Å². The molecule has 1 amide bonds. The third-order valence-corrected chi connectivity index (χ3v) is 9.62. The molecular formula is C34H31N7O3. The molecule has 0 saturated carbocycles. The van der Waals surface area contributed by atoms with Gasteiger partial charge in [-0.3, -0.25) is 14.5 Å². The third kappa shape index (κ3) is 3.60. The van der Waals surface area contributed by atoms with Gasteiger partial charge in [0.15, 0.2) is 11.6 Å². The largest absolute Gasteiger partial charge is 0.497 e. The van der Waals surface area contributed by atoms with Gasteiger partial charge < -0.3 is 10.1 Å². The molecule has 0 radical (unpaired) electrons. The van der Waals surface area contributed by atoms with E-state index in [0.717, 1.165) is 46.9 Å². The predicted octanol–water partition coefficient (Wildman–Crippen LogP) is 4.68. The number of methoxy groups -OCH3 is 1. The second-order valence-electron chi connectivity index (χ2n) is 11.7. The molecule has 0 bridgehead atoms. The van der Waals surface area contributed by atoms with Gasteiger partial charge in [-0.25, -0.2) is 14.3 Å². The van der Waals surface area contributed by atoms with Gasteiger partial charge in [0.25, 0.3) is 0 Å². The van der Waals surface area contributed by atoms with Crippen LogP contribution in [0.5, 0.6) is 5.75 Å². The Morgan fingerprint density at radius 3 is 2.55 bits per heavy atom. The summed E-state index contributed by atoms with van der Waals surface area (Å²) in [4.78, 5) is 36.1. The highest BCUT2D eigenvalue weighted by Crippen LogP contribution is 2.62. The fraction of sp³-hybridized carbons (Fsp3) is 0.265. The molecule has 0 aliphatic carbocycles. The van der Waals surface area contributed by atoms with E-state index in [2.05, 4.69) is 20.3 Å². The zero-order valence-electron chi connectivity index (χ0n) is 24.4. The maximum Gasteiger partial charge on any atom is 0.250 e. The smallest absolute Gasteiger partial charge is 0.250 e. The van der Waals surface area contributed by atoms with Crippen LogP contribution in [0.3, 0.4) is 0 Å². The summed E-state index contributed by atoms with van der Waals surface area (Å²) in [6, 6.07) is 24.8. The van der Waals surface area contributed by atoms with E-state index in [0.29, 0.717) is 17.9 Å². The number of fused-ring (bicyclic) bond motifs is 4. The van der Waals surface area contributed by atoms with Crippen molar-refractivity contribution in [3.63, 3.8) is 0 Å². The van der Waals surface area contributed by atoms with E-state index < -0.39 is 11.5 Å². The molecule has 3 aliphatic heterocycles. The van der Waals surface area contributed by atoms with Gasteiger partial charge >= 0.3 is 0 Å². The van der Waals surface area contributed by atoms with E-state index >= 15 is 4.79 Å². The number of hydrogen-bond acceptors (Lipinski definition) is 7. The zero-order valence-corrected chi connectivity index (χ0v) is 24.4. The molecule has 44 heavy (non-hydrogen) atoms. The minimum absolute atomic E-state index is 0.0755. The first-order chi connectivity index (χ1) is 21.5. The monoisotopic (exact) mass is 585 g/mol. The Bertz CT molecular complexity index is 1880. The van der Waals surface area contributed by atoms with Crippen molar-refractivity contribution in [2.24, 2.45) is 5.92 Å². The van der Waals surface area contributed by atoms with Crippen molar-refractivity contribution in [1.29, 1.82) is 0 Å². The quantitative estimate of drug-likeness (QED) is 0.289. The molecular weight excluding hydrogens is 554 g/mol. The summed E-state index contributed by atoms with van der Waals surface area (Å²) in [5, 5.41) is 12.7. The van der Waals surface area contributed by atoms with Crippen LogP contribution in [0.1, 0.15) is 45.9 Å². The standard InChI is InChI=1S/C34H31N7O3/c1-21-28(32(40-20-35-19-36-40)41(38-21)23-9-4-3-5-10-23)29-27-13-8-18-39(27)34(25-11-6-7-12-26(25)37-33(34)43)30(29)31(42)22-14-16-24(44-2)17-15-22/h3-7,9-12,14-17,19-20,27,29-30H,8,13,18H2,1-2H3,(H,37,43). The van der Waals surface area contributed by atoms with Crippen LogP contribution in [0.25, 0.3) is 11.5 Å². The average Bonchev–Trinajstić information content (AvgIpc) is 3.88. The molecule has 10 heteroatoms. The van der Waals surface area contributed by atoms with E-state index in [1.807, 2.05) is 66.2 Å². The molecule has 5 heterocycles. The molecule has 10 nitrogen and oxygen atoms in total. The number of rotatable bonds is 6. The number of amides is 1. The first-order valence-corrected chi connectivity index (χ1v) is 14.9. The van der Waals surface area contributed by atoms with Crippen molar-refractivity contribution in [2.45, 2.75) is 37.3 Å². The van der Waals surface area contributed by atoms with Gasteiger partial charge in [-0.2, -0.15) is 10.2 Å². The fourth-order valence-electron chi connectivity index (χ4n) is 7.97. The number of hydrogen-bond donors (Lipinski definition) is 1. The maximum atomic E-state index is 15.1. The lowest BCUT2D eigenvalue weighted by Gasteiger charge is -2.36. The number of aryl methyl sites for hydroxylation is 1. The summed E-state index contributed by atoms with van der Waals surface area (Å²) in [5.41, 5.74) is 3.51. The third-order valence-electron chi connectivity index (χ3n) is 9.62. The normalized spacial score (nSPS) is 24.0. The van der Waals surface area contributed by atoms with Crippen LogP contribution in [0.4, 0.5) is 5.69 Å². The molecule has 4 unspecified atom stereocenters. The number of carbonyl (C=O) groups excluding carboxylic acids is 2. The van der Waals surface area contributed by atoms with E-state index in [1.165, 1.54) is 6.33 Å². The number of nitrogens with one attached hydrogen (secondary N) is 1. The van der Waals surface area contributed by atoms with Gasteiger partial charge in [0.2, 0.25) is 5.91 Å². The lowest BCUT2D eigenvalue weighted by Crippen LogP contribution is -2.52. The second kappa shape index (κ2) is 9.99. The molecule has 220 valence electrons. The van der Waals surface area contributed by atoms with Crippen LogP contribution in [0.2, 0.25) is 0 Å². The number of aromatic nitrogens is 5. The molecule has 2 fully saturated rings. The fourth-order valence-corrected chi connectivity index (χ4v) is 7.97. The second-order valence-corrected chi connectivity index (χ2v) is 11.7. The van der Waals surface area contributed by atoms with E-state index in [4.69, 9.17) is 9.84 Å². The van der Waals surface area contributed by atoms with Gasteiger partial charge in [-0.1, -0.05) is 36.4 Å². The van der Waals surface area contributed by atoms with Gasteiger partial charge in [-0.05, 0) is 68.8 Å². The summed E-state index contributed by atoms with van der Waals surface area (Å²) in [6.45, 7) is 2.69. The van der Waals surface area contributed by atoms with Crippen LogP contribution >= 0.6 is 0 Å². The van der Waals surface area contributed by atoms with E-state index in [9.17, 15) is 4.79 Å². The number of ether oxygens (including phenoxy) is 1. The topological polar surface area (TPSA) is 107 Å². The molecule has 1 spiro atoms.